The molecule has 1 N–H and O–H groups in total. The van der Waals surface area contributed by atoms with Crippen molar-refractivity contribution in [2.45, 2.75) is 52.7 Å². The molecule has 1 aliphatic heterocycles. The minimum Gasteiger partial charge on any atom is -0.326 e. The first-order valence-corrected chi connectivity index (χ1v) is 6.61. The summed E-state index contributed by atoms with van der Waals surface area (Å²) in [5.74, 6) is 2.29. The second-order valence-electron chi connectivity index (χ2n) is 5.78. The molecule has 1 saturated heterocycles. The van der Waals surface area contributed by atoms with Crippen molar-refractivity contribution in [2.24, 2.45) is 17.8 Å². The highest BCUT2D eigenvalue weighted by Gasteiger charge is 2.43. The van der Waals surface area contributed by atoms with Gasteiger partial charge in [-0.1, -0.05) is 27.7 Å². The third-order valence-electron chi connectivity index (χ3n) is 4.06. The molecule has 0 spiro atoms. The van der Waals surface area contributed by atoms with E-state index in [1.54, 1.807) is 0 Å². The van der Waals surface area contributed by atoms with Gasteiger partial charge in [0.2, 0.25) is 5.91 Å². The van der Waals surface area contributed by atoms with Crippen LogP contribution < -0.4 is 5.32 Å². The monoisotopic (exact) mass is 224 g/mol. The van der Waals surface area contributed by atoms with Gasteiger partial charge in [0.1, 0.15) is 0 Å². The predicted molar refractivity (Wildman–Crippen MR) is 64.8 cm³/mol. The Kier molecular flexibility index (Phi) is 3.24. The van der Waals surface area contributed by atoms with Crippen LogP contribution in [0.15, 0.2) is 0 Å². The second kappa shape index (κ2) is 4.36. The fourth-order valence-corrected chi connectivity index (χ4v) is 2.64. The molecule has 1 aliphatic carbocycles. The highest BCUT2D eigenvalue weighted by Crippen LogP contribution is 2.39. The summed E-state index contributed by atoms with van der Waals surface area (Å²) < 4.78 is 0. The Morgan fingerprint density at radius 2 is 2.12 bits per heavy atom. The minimum absolute atomic E-state index is 0.0407. The summed E-state index contributed by atoms with van der Waals surface area (Å²) in [6.45, 7) is 9.63. The molecule has 0 radical (unpaired) electrons. The lowest BCUT2D eigenvalue weighted by Gasteiger charge is -2.23. The molecule has 3 nitrogen and oxygen atoms in total. The number of amides is 1. The number of nitrogens with zero attached hydrogens (tertiary/aromatic N) is 1. The number of carbonyl (C=O) groups excluding carboxylic acids is 1. The van der Waals surface area contributed by atoms with Gasteiger partial charge in [-0.15, -0.1) is 0 Å². The van der Waals surface area contributed by atoms with Gasteiger partial charge in [-0.2, -0.15) is 0 Å². The van der Waals surface area contributed by atoms with E-state index in [4.69, 9.17) is 0 Å². The predicted octanol–water partition coefficient (Wildman–Crippen LogP) is 1.83. The van der Waals surface area contributed by atoms with Crippen molar-refractivity contribution in [1.29, 1.82) is 0 Å². The Bertz CT molecular complexity index is 277. The van der Waals surface area contributed by atoms with E-state index in [0.717, 1.165) is 24.8 Å². The first-order chi connectivity index (χ1) is 7.54. The molecule has 0 aromatic rings. The van der Waals surface area contributed by atoms with Crippen LogP contribution in [0.4, 0.5) is 0 Å². The Balaban J connectivity index is 2.00. The van der Waals surface area contributed by atoms with E-state index in [2.05, 4.69) is 37.9 Å². The maximum Gasteiger partial charge on any atom is 0.241 e. The Hall–Kier alpha value is -0.570. The molecule has 1 amide bonds. The summed E-state index contributed by atoms with van der Waals surface area (Å²) in [4.78, 5) is 14.3. The highest BCUT2D eigenvalue weighted by atomic mass is 16.2. The first kappa shape index (κ1) is 11.9. The molecule has 16 heavy (non-hydrogen) atoms. The zero-order valence-electron chi connectivity index (χ0n) is 10.9. The van der Waals surface area contributed by atoms with Gasteiger partial charge in [-0.3, -0.25) is 10.1 Å². The minimum atomic E-state index is 0.0407. The van der Waals surface area contributed by atoms with Gasteiger partial charge in [0.25, 0.3) is 0 Å². The summed E-state index contributed by atoms with van der Waals surface area (Å²) >= 11 is 0. The summed E-state index contributed by atoms with van der Waals surface area (Å²) in [6.07, 6.45) is 2.58. The van der Waals surface area contributed by atoms with Crippen molar-refractivity contribution in [3.05, 3.63) is 0 Å². The van der Waals surface area contributed by atoms with E-state index in [9.17, 15) is 4.79 Å². The van der Waals surface area contributed by atoms with E-state index in [1.165, 1.54) is 6.42 Å². The van der Waals surface area contributed by atoms with Crippen LogP contribution in [-0.2, 0) is 4.79 Å². The van der Waals surface area contributed by atoms with Crippen LogP contribution in [0, 0.1) is 17.8 Å². The molecule has 2 aliphatic rings. The molecule has 0 bridgehead atoms. The van der Waals surface area contributed by atoms with E-state index in [0.29, 0.717) is 11.8 Å². The second-order valence-corrected chi connectivity index (χ2v) is 5.78. The average Bonchev–Trinajstić information content (AvgIpc) is 2.81. The molecule has 2 rings (SSSR count). The Labute approximate surface area is 98.6 Å². The lowest BCUT2D eigenvalue weighted by Crippen LogP contribution is -2.38. The molecule has 92 valence electrons. The molecule has 2 fully saturated rings. The van der Waals surface area contributed by atoms with Crippen molar-refractivity contribution >= 4 is 5.91 Å². The van der Waals surface area contributed by atoms with Gasteiger partial charge in [-0.05, 0) is 30.6 Å². The smallest absolute Gasteiger partial charge is 0.241 e. The fourth-order valence-electron chi connectivity index (χ4n) is 2.64. The van der Waals surface area contributed by atoms with Gasteiger partial charge in [-0.25, -0.2) is 0 Å². The quantitative estimate of drug-likeness (QED) is 0.790. The van der Waals surface area contributed by atoms with Crippen LogP contribution in [0.1, 0.15) is 40.5 Å². The fraction of sp³-hybridized carbons (Fsp3) is 0.923. The number of carbonyl (C=O) groups is 1. The van der Waals surface area contributed by atoms with Crippen molar-refractivity contribution in [3.63, 3.8) is 0 Å². The van der Waals surface area contributed by atoms with E-state index >= 15 is 0 Å². The Morgan fingerprint density at radius 1 is 1.50 bits per heavy atom. The maximum absolute atomic E-state index is 12.2. The number of nitrogens with one attached hydrogen (secondary N) is 1. The van der Waals surface area contributed by atoms with E-state index in [-0.39, 0.29) is 12.2 Å². The van der Waals surface area contributed by atoms with Crippen LogP contribution in [0.5, 0.6) is 0 Å². The summed E-state index contributed by atoms with van der Waals surface area (Å²) in [7, 11) is 0. The van der Waals surface area contributed by atoms with Crippen LogP contribution in [0.25, 0.3) is 0 Å². The normalized spacial score (nSPS) is 38.6. The van der Waals surface area contributed by atoms with Crippen molar-refractivity contribution in [1.82, 2.24) is 10.2 Å². The van der Waals surface area contributed by atoms with Gasteiger partial charge in [0.05, 0.1) is 12.2 Å². The third-order valence-corrected chi connectivity index (χ3v) is 4.06. The largest absolute Gasteiger partial charge is 0.326 e. The van der Waals surface area contributed by atoms with Crippen molar-refractivity contribution in [2.75, 3.05) is 6.54 Å². The van der Waals surface area contributed by atoms with E-state index in [1.807, 2.05) is 0 Å². The molecular weight excluding hydrogens is 200 g/mol. The summed E-state index contributed by atoms with van der Waals surface area (Å²) in [6, 6.07) is 0.0407. The highest BCUT2D eigenvalue weighted by molar-refractivity contribution is 5.84. The Morgan fingerprint density at radius 3 is 2.56 bits per heavy atom. The zero-order chi connectivity index (χ0) is 11.9. The molecule has 1 saturated carbocycles. The van der Waals surface area contributed by atoms with Gasteiger partial charge >= 0.3 is 0 Å². The maximum atomic E-state index is 12.2. The van der Waals surface area contributed by atoms with Crippen LogP contribution in [0.3, 0.4) is 0 Å². The molecule has 1 heterocycles. The first-order valence-electron chi connectivity index (χ1n) is 6.61. The third kappa shape index (κ3) is 2.10. The lowest BCUT2D eigenvalue weighted by atomic mass is 10.1. The van der Waals surface area contributed by atoms with E-state index < -0.39 is 0 Å². The number of hydrogen-bond acceptors (Lipinski definition) is 2. The summed E-state index contributed by atoms with van der Waals surface area (Å²) in [5, 5.41) is 3.46. The summed E-state index contributed by atoms with van der Waals surface area (Å²) in [5.41, 5.74) is 0. The molecule has 0 aromatic carbocycles. The molecular formula is C13H24N2O. The number of hydrogen-bond donors (Lipinski definition) is 1. The van der Waals surface area contributed by atoms with Gasteiger partial charge in [0.15, 0.2) is 0 Å². The van der Waals surface area contributed by atoms with Crippen LogP contribution >= 0.6 is 0 Å². The standard InChI is InChI=1S/C13H24N2O/c1-5-11-14-12(8(2)3)13(16)15(11)7-10-6-9(10)4/h8-12,14H,5-7H2,1-4H3. The SMILES string of the molecule is CCC1NC(C(C)C)C(=O)N1CC1CC1C. The van der Waals surface area contributed by atoms with Crippen molar-refractivity contribution < 1.29 is 4.79 Å². The van der Waals surface area contributed by atoms with Crippen LogP contribution in [-0.4, -0.2) is 29.6 Å². The number of rotatable bonds is 4. The molecule has 4 atom stereocenters. The lowest BCUT2D eigenvalue weighted by molar-refractivity contribution is -0.131. The van der Waals surface area contributed by atoms with Gasteiger partial charge < -0.3 is 4.90 Å². The molecule has 3 heteroatoms. The average molecular weight is 224 g/mol. The topological polar surface area (TPSA) is 32.3 Å². The zero-order valence-corrected chi connectivity index (χ0v) is 10.9. The van der Waals surface area contributed by atoms with Gasteiger partial charge in [0, 0.05) is 6.54 Å². The molecule has 4 unspecified atom stereocenters. The van der Waals surface area contributed by atoms with Crippen molar-refractivity contribution in [3.8, 4) is 0 Å². The molecule has 0 aromatic heterocycles. The van der Waals surface area contributed by atoms with Crippen LogP contribution in [0.2, 0.25) is 0 Å².